The van der Waals surface area contributed by atoms with E-state index in [0.29, 0.717) is 23.3 Å². The molecular weight excluding hydrogens is 294 g/mol. The SMILES string of the molecule is Cc1nnc(C[C@@H]2CC[C@H](NC(=O)c3ccc(CO)cc3)C2)o1. The monoisotopic (exact) mass is 315 g/mol. The van der Waals surface area contributed by atoms with Gasteiger partial charge in [0.2, 0.25) is 11.8 Å². The van der Waals surface area contributed by atoms with Gasteiger partial charge in [0.1, 0.15) is 0 Å². The standard InChI is InChI=1S/C17H21N3O3/c1-11-19-20-16(23-11)9-13-4-7-15(8-13)18-17(22)14-5-2-12(10-21)3-6-14/h2-3,5-6,13,15,21H,4,7-10H2,1H3,(H,18,22)/t13-,15+/m1/s1. The maximum Gasteiger partial charge on any atom is 0.251 e. The Labute approximate surface area is 134 Å². The van der Waals surface area contributed by atoms with Crippen LogP contribution in [0.15, 0.2) is 28.7 Å². The summed E-state index contributed by atoms with van der Waals surface area (Å²) in [6, 6.07) is 7.21. The highest BCUT2D eigenvalue weighted by Gasteiger charge is 2.27. The first kappa shape index (κ1) is 15.7. The lowest BCUT2D eigenvalue weighted by atomic mass is 10.0. The van der Waals surface area contributed by atoms with E-state index >= 15 is 0 Å². The summed E-state index contributed by atoms with van der Waals surface area (Å²) in [5.41, 5.74) is 1.43. The summed E-state index contributed by atoms with van der Waals surface area (Å²) in [5, 5.41) is 20.0. The zero-order valence-electron chi connectivity index (χ0n) is 13.2. The molecule has 1 aliphatic carbocycles. The van der Waals surface area contributed by atoms with E-state index in [1.54, 1.807) is 31.2 Å². The van der Waals surface area contributed by atoms with Crippen molar-refractivity contribution in [1.29, 1.82) is 0 Å². The van der Waals surface area contributed by atoms with Gasteiger partial charge in [-0.15, -0.1) is 10.2 Å². The fourth-order valence-corrected chi connectivity index (χ4v) is 3.09. The summed E-state index contributed by atoms with van der Waals surface area (Å²) in [4.78, 5) is 12.3. The number of hydrogen-bond acceptors (Lipinski definition) is 5. The van der Waals surface area contributed by atoms with E-state index < -0.39 is 0 Å². The van der Waals surface area contributed by atoms with E-state index in [1.165, 1.54) is 0 Å². The number of rotatable bonds is 5. The van der Waals surface area contributed by atoms with Gasteiger partial charge in [-0.3, -0.25) is 4.79 Å². The molecule has 0 spiro atoms. The summed E-state index contributed by atoms with van der Waals surface area (Å²) < 4.78 is 5.42. The molecule has 6 nitrogen and oxygen atoms in total. The second-order valence-electron chi connectivity index (χ2n) is 6.12. The summed E-state index contributed by atoms with van der Waals surface area (Å²) in [7, 11) is 0. The molecule has 1 aliphatic rings. The van der Waals surface area contributed by atoms with Gasteiger partial charge in [0, 0.05) is 24.9 Å². The number of amides is 1. The first-order chi connectivity index (χ1) is 11.1. The number of hydrogen-bond donors (Lipinski definition) is 2. The number of nitrogens with one attached hydrogen (secondary N) is 1. The second-order valence-corrected chi connectivity index (χ2v) is 6.12. The molecule has 1 saturated carbocycles. The summed E-state index contributed by atoms with van der Waals surface area (Å²) in [6.45, 7) is 1.78. The van der Waals surface area contributed by atoms with Crippen LogP contribution in [-0.4, -0.2) is 27.3 Å². The number of carbonyl (C=O) groups is 1. The molecule has 1 aromatic heterocycles. The Balaban J connectivity index is 1.51. The van der Waals surface area contributed by atoms with Crippen LogP contribution in [0.3, 0.4) is 0 Å². The molecule has 3 rings (SSSR count). The van der Waals surface area contributed by atoms with Gasteiger partial charge < -0.3 is 14.8 Å². The predicted octanol–water partition coefficient (Wildman–Crippen LogP) is 2.01. The molecule has 1 fully saturated rings. The van der Waals surface area contributed by atoms with Gasteiger partial charge in [-0.05, 0) is 42.9 Å². The van der Waals surface area contributed by atoms with Gasteiger partial charge in [0.05, 0.1) is 6.61 Å². The molecule has 23 heavy (non-hydrogen) atoms. The van der Waals surface area contributed by atoms with Crippen LogP contribution in [0.2, 0.25) is 0 Å². The Morgan fingerprint density at radius 3 is 2.74 bits per heavy atom. The van der Waals surface area contributed by atoms with Gasteiger partial charge >= 0.3 is 0 Å². The Morgan fingerprint density at radius 1 is 1.30 bits per heavy atom. The van der Waals surface area contributed by atoms with Crippen molar-refractivity contribution in [2.24, 2.45) is 5.92 Å². The molecule has 0 aliphatic heterocycles. The smallest absolute Gasteiger partial charge is 0.251 e. The fraction of sp³-hybridized carbons (Fsp3) is 0.471. The van der Waals surface area contributed by atoms with Gasteiger partial charge in [-0.1, -0.05) is 12.1 Å². The van der Waals surface area contributed by atoms with Crippen LogP contribution in [-0.2, 0) is 13.0 Å². The van der Waals surface area contributed by atoms with E-state index in [-0.39, 0.29) is 18.6 Å². The highest BCUT2D eigenvalue weighted by atomic mass is 16.4. The van der Waals surface area contributed by atoms with Crippen LogP contribution in [0.1, 0.15) is 47.0 Å². The van der Waals surface area contributed by atoms with Crippen molar-refractivity contribution in [3.63, 3.8) is 0 Å². The molecule has 1 amide bonds. The fourth-order valence-electron chi connectivity index (χ4n) is 3.09. The molecule has 1 heterocycles. The van der Waals surface area contributed by atoms with Gasteiger partial charge in [0.25, 0.3) is 5.91 Å². The van der Waals surface area contributed by atoms with Crippen molar-refractivity contribution in [2.75, 3.05) is 0 Å². The number of aromatic nitrogens is 2. The molecule has 2 N–H and O–H groups in total. The first-order valence-electron chi connectivity index (χ1n) is 7.93. The maximum absolute atomic E-state index is 12.3. The van der Waals surface area contributed by atoms with Crippen LogP contribution in [0.4, 0.5) is 0 Å². The lowest BCUT2D eigenvalue weighted by molar-refractivity contribution is 0.0937. The maximum atomic E-state index is 12.3. The van der Waals surface area contributed by atoms with Crippen LogP contribution >= 0.6 is 0 Å². The minimum atomic E-state index is -0.0613. The molecule has 2 atom stereocenters. The first-order valence-corrected chi connectivity index (χ1v) is 7.93. The quantitative estimate of drug-likeness (QED) is 0.881. The third kappa shape index (κ3) is 3.96. The zero-order chi connectivity index (χ0) is 16.2. The topological polar surface area (TPSA) is 88.2 Å². The van der Waals surface area contributed by atoms with Crippen LogP contribution in [0, 0.1) is 12.8 Å². The van der Waals surface area contributed by atoms with Crippen molar-refractivity contribution < 1.29 is 14.3 Å². The highest BCUT2D eigenvalue weighted by molar-refractivity contribution is 5.94. The van der Waals surface area contributed by atoms with E-state index in [1.807, 2.05) is 0 Å². The summed E-state index contributed by atoms with van der Waals surface area (Å²) in [6.07, 6.45) is 3.73. The van der Waals surface area contributed by atoms with Gasteiger partial charge in [-0.2, -0.15) is 0 Å². The number of aryl methyl sites for hydroxylation is 1. The van der Waals surface area contributed by atoms with Crippen molar-refractivity contribution in [3.8, 4) is 0 Å². The third-order valence-corrected chi connectivity index (χ3v) is 4.31. The van der Waals surface area contributed by atoms with Crippen LogP contribution < -0.4 is 5.32 Å². The molecular formula is C17H21N3O3. The molecule has 0 bridgehead atoms. The molecule has 2 aromatic rings. The average molecular weight is 315 g/mol. The molecule has 1 aromatic carbocycles. The average Bonchev–Trinajstić information content (AvgIpc) is 3.17. The lowest BCUT2D eigenvalue weighted by Crippen LogP contribution is -2.33. The lowest BCUT2D eigenvalue weighted by Gasteiger charge is -2.13. The van der Waals surface area contributed by atoms with Crippen molar-refractivity contribution in [3.05, 3.63) is 47.2 Å². The second kappa shape index (κ2) is 6.91. The molecule has 122 valence electrons. The van der Waals surface area contributed by atoms with Gasteiger partial charge in [-0.25, -0.2) is 0 Å². The Hall–Kier alpha value is -2.21. The van der Waals surface area contributed by atoms with Crippen LogP contribution in [0.25, 0.3) is 0 Å². The van der Waals surface area contributed by atoms with E-state index in [0.717, 1.165) is 31.2 Å². The van der Waals surface area contributed by atoms with Crippen molar-refractivity contribution >= 4 is 5.91 Å². The highest BCUT2D eigenvalue weighted by Crippen LogP contribution is 2.28. The number of aliphatic hydroxyl groups is 1. The summed E-state index contributed by atoms with van der Waals surface area (Å²) >= 11 is 0. The number of nitrogens with zero attached hydrogens (tertiary/aromatic N) is 2. The van der Waals surface area contributed by atoms with Gasteiger partial charge in [0.15, 0.2) is 0 Å². The van der Waals surface area contributed by atoms with Crippen LogP contribution in [0.5, 0.6) is 0 Å². The molecule has 0 saturated heterocycles. The Morgan fingerprint density at radius 2 is 2.09 bits per heavy atom. The third-order valence-electron chi connectivity index (χ3n) is 4.31. The Bertz CT molecular complexity index is 666. The molecule has 6 heteroatoms. The number of carbonyl (C=O) groups excluding carboxylic acids is 1. The molecule has 0 radical (unpaired) electrons. The molecule has 0 unspecified atom stereocenters. The number of benzene rings is 1. The summed E-state index contributed by atoms with van der Waals surface area (Å²) in [5.74, 6) is 1.68. The number of aliphatic hydroxyl groups excluding tert-OH is 1. The zero-order valence-corrected chi connectivity index (χ0v) is 13.2. The van der Waals surface area contributed by atoms with Crippen molar-refractivity contribution in [2.45, 2.75) is 45.3 Å². The normalized spacial score (nSPS) is 20.6. The minimum Gasteiger partial charge on any atom is -0.426 e. The Kier molecular flexibility index (Phi) is 4.71. The predicted molar refractivity (Wildman–Crippen MR) is 83.7 cm³/mol. The van der Waals surface area contributed by atoms with E-state index in [9.17, 15) is 4.79 Å². The minimum absolute atomic E-state index is 0.0125. The van der Waals surface area contributed by atoms with Crippen molar-refractivity contribution in [1.82, 2.24) is 15.5 Å². The largest absolute Gasteiger partial charge is 0.426 e. The van der Waals surface area contributed by atoms with E-state index in [4.69, 9.17) is 9.52 Å². The van der Waals surface area contributed by atoms with E-state index in [2.05, 4.69) is 15.5 Å².